The molecule has 0 radical (unpaired) electrons. The first kappa shape index (κ1) is 21.2. The highest BCUT2D eigenvalue weighted by Crippen LogP contribution is 2.26. The zero-order valence-electron chi connectivity index (χ0n) is 16.5. The third-order valence-electron chi connectivity index (χ3n) is 4.34. The maximum Gasteiger partial charge on any atom is 0.257 e. The molecular formula is C21H23N3O3S2. The van der Waals surface area contributed by atoms with Crippen molar-refractivity contribution in [3.63, 3.8) is 0 Å². The molecule has 0 saturated carbocycles. The largest absolute Gasteiger partial charge is 0.298 e. The van der Waals surface area contributed by atoms with Gasteiger partial charge in [0.15, 0.2) is 5.13 Å². The van der Waals surface area contributed by atoms with Gasteiger partial charge < -0.3 is 0 Å². The van der Waals surface area contributed by atoms with Crippen LogP contribution >= 0.6 is 11.3 Å². The van der Waals surface area contributed by atoms with Crippen molar-refractivity contribution in [2.45, 2.75) is 32.1 Å². The van der Waals surface area contributed by atoms with Gasteiger partial charge in [0.05, 0.1) is 10.6 Å². The molecule has 0 aliphatic carbocycles. The molecule has 29 heavy (non-hydrogen) atoms. The van der Waals surface area contributed by atoms with Crippen LogP contribution in [0.5, 0.6) is 0 Å². The normalized spacial score (nSPS) is 11.4. The maximum atomic E-state index is 12.6. The molecule has 8 heteroatoms. The zero-order chi connectivity index (χ0) is 21.0. The van der Waals surface area contributed by atoms with Crippen LogP contribution < -0.4 is 10.0 Å². The van der Waals surface area contributed by atoms with Gasteiger partial charge in [-0.1, -0.05) is 42.8 Å². The SMILES string of the molecule is CCNS(=O)(=O)c1cccc(C(=O)Nc2nc(C)c(Cc3ccc(C)cc3)s2)c1. The van der Waals surface area contributed by atoms with Crippen molar-refractivity contribution in [3.05, 3.63) is 75.8 Å². The van der Waals surface area contributed by atoms with Crippen LogP contribution in [0, 0.1) is 13.8 Å². The molecule has 2 aromatic carbocycles. The minimum atomic E-state index is -3.62. The highest BCUT2D eigenvalue weighted by atomic mass is 32.2. The molecule has 0 aliphatic rings. The maximum absolute atomic E-state index is 12.6. The summed E-state index contributed by atoms with van der Waals surface area (Å²) in [6.07, 6.45) is 0.746. The first-order chi connectivity index (χ1) is 13.8. The minimum absolute atomic E-state index is 0.0578. The number of sulfonamides is 1. The fourth-order valence-electron chi connectivity index (χ4n) is 2.78. The molecule has 3 aromatic rings. The molecule has 0 saturated heterocycles. The summed E-state index contributed by atoms with van der Waals surface area (Å²) in [6, 6.07) is 14.3. The molecule has 6 nitrogen and oxygen atoms in total. The van der Waals surface area contributed by atoms with E-state index >= 15 is 0 Å². The van der Waals surface area contributed by atoms with Crippen LogP contribution in [0.15, 0.2) is 53.4 Å². The Morgan fingerprint density at radius 3 is 2.52 bits per heavy atom. The summed E-state index contributed by atoms with van der Waals surface area (Å²) < 4.78 is 26.7. The Balaban J connectivity index is 1.75. The molecule has 0 fully saturated rings. The van der Waals surface area contributed by atoms with E-state index in [4.69, 9.17) is 0 Å². The van der Waals surface area contributed by atoms with Crippen LogP contribution in [-0.4, -0.2) is 25.9 Å². The van der Waals surface area contributed by atoms with Gasteiger partial charge in [0.1, 0.15) is 0 Å². The number of amides is 1. The molecule has 3 rings (SSSR count). The average molecular weight is 430 g/mol. The van der Waals surface area contributed by atoms with Gasteiger partial charge in [0.2, 0.25) is 10.0 Å². The van der Waals surface area contributed by atoms with E-state index in [1.165, 1.54) is 34.6 Å². The molecule has 0 spiro atoms. The lowest BCUT2D eigenvalue weighted by Crippen LogP contribution is -2.23. The summed E-state index contributed by atoms with van der Waals surface area (Å²) in [6.45, 7) is 5.95. The predicted octanol–water partition coefficient (Wildman–Crippen LogP) is 3.90. The molecule has 1 aromatic heterocycles. The standard InChI is InChI=1S/C21H23N3O3S2/c1-4-22-29(26,27)18-7-5-6-17(13-18)20(25)24-21-23-15(3)19(28-21)12-16-10-8-14(2)9-11-16/h5-11,13,22H,4,12H2,1-3H3,(H,23,24,25). The summed E-state index contributed by atoms with van der Waals surface area (Å²) in [5.74, 6) is -0.394. The Hall–Kier alpha value is -2.55. The fraction of sp³-hybridized carbons (Fsp3) is 0.238. The Bertz CT molecular complexity index is 1120. The lowest BCUT2D eigenvalue weighted by molar-refractivity contribution is 0.102. The van der Waals surface area contributed by atoms with Crippen molar-refractivity contribution in [2.75, 3.05) is 11.9 Å². The van der Waals surface area contributed by atoms with Crippen LogP contribution in [0.3, 0.4) is 0 Å². The van der Waals surface area contributed by atoms with Crippen molar-refractivity contribution in [3.8, 4) is 0 Å². The molecule has 0 atom stereocenters. The highest BCUT2D eigenvalue weighted by Gasteiger charge is 2.17. The summed E-state index contributed by atoms with van der Waals surface area (Å²) in [5, 5.41) is 3.27. The topological polar surface area (TPSA) is 88.2 Å². The van der Waals surface area contributed by atoms with Crippen LogP contribution in [0.1, 0.15) is 39.0 Å². The van der Waals surface area contributed by atoms with E-state index in [2.05, 4.69) is 39.3 Å². The van der Waals surface area contributed by atoms with E-state index in [9.17, 15) is 13.2 Å². The first-order valence-electron chi connectivity index (χ1n) is 9.21. The van der Waals surface area contributed by atoms with E-state index in [0.29, 0.717) is 5.13 Å². The van der Waals surface area contributed by atoms with Crippen LogP contribution in [0.25, 0.3) is 0 Å². The third kappa shape index (κ3) is 5.29. The van der Waals surface area contributed by atoms with Crippen molar-refractivity contribution >= 4 is 32.4 Å². The van der Waals surface area contributed by atoms with E-state index in [1.54, 1.807) is 19.1 Å². The van der Waals surface area contributed by atoms with Crippen LogP contribution in [0.2, 0.25) is 0 Å². The van der Waals surface area contributed by atoms with Crippen molar-refractivity contribution in [1.82, 2.24) is 9.71 Å². The molecule has 152 valence electrons. The number of carbonyl (C=O) groups excluding carboxylic acids is 1. The number of hydrogen-bond donors (Lipinski definition) is 2. The van der Waals surface area contributed by atoms with Gasteiger partial charge in [-0.15, -0.1) is 11.3 Å². The van der Waals surface area contributed by atoms with Gasteiger partial charge in [0.25, 0.3) is 5.91 Å². The number of rotatable bonds is 7. The van der Waals surface area contributed by atoms with Crippen LogP contribution in [0.4, 0.5) is 5.13 Å². The number of hydrogen-bond acceptors (Lipinski definition) is 5. The third-order valence-corrected chi connectivity index (χ3v) is 6.96. The number of nitrogens with one attached hydrogen (secondary N) is 2. The molecular weight excluding hydrogens is 406 g/mol. The molecule has 1 heterocycles. The van der Waals surface area contributed by atoms with E-state index in [-0.39, 0.29) is 17.0 Å². The van der Waals surface area contributed by atoms with Gasteiger partial charge in [-0.05, 0) is 37.6 Å². The molecule has 0 unspecified atom stereocenters. The number of anilines is 1. The lowest BCUT2D eigenvalue weighted by atomic mass is 10.1. The molecule has 0 bridgehead atoms. The molecule has 1 amide bonds. The predicted molar refractivity (Wildman–Crippen MR) is 116 cm³/mol. The van der Waals surface area contributed by atoms with Gasteiger partial charge >= 0.3 is 0 Å². The van der Waals surface area contributed by atoms with Gasteiger partial charge in [-0.3, -0.25) is 10.1 Å². The van der Waals surface area contributed by atoms with E-state index in [0.717, 1.165) is 17.0 Å². The smallest absolute Gasteiger partial charge is 0.257 e. The summed E-state index contributed by atoms with van der Waals surface area (Å²) in [5.41, 5.74) is 3.52. The monoisotopic (exact) mass is 429 g/mol. The second-order valence-electron chi connectivity index (χ2n) is 6.67. The summed E-state index contributed by atoms with van der Waals surface area (Å²) in [4.78, 5) is 18.2. The fourth-order valence-corrected chi connectivity index (χ4v) is 4.86. The number of carbonyl (C=O) groups is 1. The van der Waals surface area contributed by atoms with E-state index < -0.39 is 15.9 Å². The molecule has 0 aliphatic heterocycles. The minimum Gasteiger partial charge on any atom is -0.298 e. The number of thiazole rings is 1. The Kier molecular flexibility index (Phi) is 6.46. The Morgan fingerprint density at radius 1 is 1.10 bits per heavy atom. The summed E-state index contributed by atoms with van der Waals surface area (Å²) in [7, 11) is -3.62. The van der Waals surface area contributed by atoms with Gasteiger partial charge in [-0.2, -0.15) is 0 Å². The average Bonchev–Trinajstić information content (AvgIpc) is 3.02. The second kappa shape index (κ2) is 8.86. The van der Waals surface area contributed by atoms with Crippen molar-refractivity contribution in [1.29, 1.82) is 0 Å². The second-order valence-corrected chi connectivity index (χ2v) is 9.52. The van der Waals surface area contributed by atoms with Gasteiger partial charge in [-0.25, -0.2) is 18.1 Å². The first-order valence-corrected chi connectivity index (χ1v) is 11.5. The van der Waals surface area contributed by atoms with Gasteiger partial charge in [0, 0.05) is 23.4 Å². The Morgan fingerprint density at radius 2 is 1.83 bits per heavy atom. The van der Waals surface area contributed by atoms with Crippen LogP contribution in [-0.2, 0) is 16.4 Å². The number of aromatic nitrogens is 1. The lowest BCUT2D eigenvalue weighted by Gasteiger charge is -2.06. The van der Waals surface area contributed by atoms with Crippen molar-refractivity contribution in [2.24, 2.45) is 0 Å². The Labute approximate surface area is 175 Å². The zero-order valence-corrected chi connectivity index (χ0v) is 18.2. The highest BCUT2D eigenvalue weighted by molar-refractivity contribution is 7.89. The quantitative estimate of drug-likeness (QED) is 0.596. The summed E-state index contributed by atoms with van der Waals surface area (Å²) >= 11 is 1.43. The number of benzene rings is 2. The molecule has 2 N–H and O–H groups in total. The number of aryl methyl sites for hydroxylation is 2. The van der Waals surface area contributed by atoms with E-state index in [1.807, 2.05) is 13.8 Å². The number of nitrogens with zero attached hydrogens (tertiary/aromatic N) is 1. The van der Waals surface area contributed by atoms with Crippen molar-refractivity contribution < 1.29 is 13.2 Å².